The van der Waals surface area contributed by atoms with Gasteiger partial charge >= 0.3 is 0 Å². The van der Waals surface area contributed by atoms with E-state index in [0.29, 0.717) is 23.7 Å². The number of nitrogens with one attached hydrogen (secondary N) is 1. The molecular weight excluding hydrogens is 248 g/mol. The Hall–Kier alpha value is -0.120. The summed E-state index contributed by atoms with van der Waals surface area (Å²) in [6, 6.07) is 0.594. The largest absolute Gasteiger partial charge is 0.373 e. The molecule has 0 amide bonds. The topological polar surface area (TPSA) is 24.5 Å². The van der Waals surface area contributed by atoms with Crippen LogP contribution in [0.15, 0.2) is 0 Å². The number of nitrogens with zero attached hydrogens (tertiary/aromatic N) is 1. The molecule has 2 rings (SSSR count). The average Bonchev–Trinajstić information content (AvgIpc) is 2.36. The van der Waals surface area contributed by atoms with Gasteiger partial charge in [0.2, 0.25) is 0 Å². The predicted octanol–water partition coefficient (Wildman–Crippen LogP) is 3.04. The number of hydrogen-bond donors (Lipinski definition) is 1. The van der Waals surface area contributed by atoms with Crippen molar-refractivity contribution in [3.8, 4) is 0 Å². The van der Waals surface area contributed by atoms with E-state index in [0.717, 1.165) is 13.1 Å². The van der Waals surface area contributed by atoms with E-state index < -0.39 is 0 Å². The van der Waals surface area contributed by atoms with Crippen LogP contribution >= 0.6 is 0 Å². The molecule has 1 aliphatic heterocycles. The van der Waals surface area contributed by atoms with Crippen LogP contribution in [0, 0.1) is 5.41 Å². The van der Waals surface area contributed by atoms with Crippen LogP contribution in [-0.2, 0) is 4.74 Å². The van der Waals surface area contributed by atoms with Crippen LogP contribution < -0.4 is 5.32 Å². The van der Waals surface area contributed by atoms with E-state index in [4.69, 9.17) is 4.74 Å². The number of morpholine rings is 1. The molecule has 1 heterocycles. The molecule has 2 aliphatic rings. The van der Waals surface area contributed by atoms with Crippen molar-refractivity contribution in [2.75, 3.05) is 26.2 Å². The van der Waals surface area contributed by atoms with E-state index in [-0.39, 0.29) is 0 Å². The van der Waals surface area contributed by atoms with Crippen LogP contribution in [0.2, 0.25) is 0 Å². The third kappa shape index (κ3) is 4.71. The molecule has 1 saturated heterocycles. The molecule has 20 heavy (non-hydrogen) atoms. The van der Waals surface area contributed by atoms with E-state index in [1.54, 1.807) is 0 Å². The first-order valence-electron chi connectivity index (χ1n) is 8.60. The SMILES string of the molecule is CC(C)NCC1(CN2C[C@@H](C)O[C@@H](C)C2)CCCCC1. The first-order chi connectivity index (χ1) is 9.49. The summed E-state index contributed by atoms with van der Waals surface area (Å²) in [6.45, 7) is 13.6. The molecule has 2 fully saturated rings. The predicted molar refractivity (Wildman–Crippen MR) is 85.1 cm³/mol. The van der Waals surface area contributed by atoms with Crippen molar-refractivity contribution < 1.29 is 4.74 Å². The number of ether oxygens (including phenoxy) is 1. The first kappa shape index (κ1) is 16.3. The Morgan fingerprint density at radius 1 is 1.10 bits per heavy atom. The summed E-state index contributed by atoms with van der Waals surface area (Å²) in [7, 11) is 0. The van der Waals surface area contributed by atoms with Gasteiger partial charge in [-0.15, -0.1) is 0 Å². The number of hydrogen-bond acceptors (Lipinski definition) is 3. The van der Waals surface area contributed by atoms with E-state index >= 15 is 0 Å². The Labute approximate surface area is 125 Å². The third-order valence-corrected chi connectivity index (χ3v) is 4.85. The second kappa shape index (κ2) is 7.24. The fraction of sp³-hybridized carbons (Fsp3) is 1.00. The lowest BCUT2D eigenvalue weighted by Gasteiger charge is -2.45. The standard InChI is InChI=1S/C17H34N2O/c1-14(2)18-12-17(8-6-5-7-9-17)13-19-10-15(3)20-16(4)11-19/h14-16,18H,5-13H2,1-4H3/t15-,16+. The molecule has 0 aromatic heterocycles. The molecule has 2 atom stereocenters. The second-order valence-corrected chi connectivity index (χ2v) is 7.55. The fourth-order valence-electron chi connectivity index (χ4n) is 4.00. The maximum atomic E-state index is 5.88. The van der Waals surface area contributed by atoms with Gasteiger partial charge in [-0.1, -0.05) is 33.1 Å². The van der Waals surface area contributed by atoms with Gasteiger partial charge in [0.1, 0.15) is 0 Å². The van der Waals surface area contributed by atoms with E-state index in [1.807, 2.05) is 0 Å². The van der Waals surface area contributed by atoms with Gasteiger partial charge in [0.25, 0.3) is 0 Å². The Bertz CT molecular complexity index is 277. The highest BCUT2D eigenvalue weighted by atomic mass is 16.5. The van der Waals surface area contributed by atoms with Crippen molar-refractivity contribution in [1.82, 2.24) is 10.2 Å². The average molecular weight is 282 g/mol. The molecule has 0 unspecified atom stereocenters. The van der Waals surface area contributed by atoms with Crippen LogP contribution in [0.4, 0.5) is 0 Å². The van der Waals surface area contributed by atoms with Gasteiger partial charge in [0, 0.05) is 32.2 Å². The van der Waals surface area contributed by atoms with Crippen LogP contribution in [0.3, 0.4) is 0 Å². The van der Waals surface area contributed by atoms with E-state index in [1.165, 1.54) is 45.2 Å². The Balaban J connectivity index is 1.95. The van der Waals surface area contributed by atoms with Gasteiger partial charge in [-0.05, 0) is 32.1 Å². The van der Waals surface area contributed by atoms with Gasteiger partial charge in [-0.25, -0.2) is 0 Å². The molecule has 0 aromatic rings. The minimum absolute atomic E-state index is 0.387. The lowest BCUT2D eigenvalue weighted by molar-refractivity contribution is -0.0804. The van der Waals surface area contributed by atoms with Crippen molar-refractivity contribution in [3.63, 3.8) is 0 Å². The Morgan fingerprint density at radius 3 is 2.25 bits per heavy atom. The molecule has 1 N–H and O–H groups in total. The zero-order chi connectivity index (χ0) is 14.6. The lowest BCUT2D eigenvalue weighted by atomic mass is 9.73. The molecule has 3 heteroatoms. The summed E-state index contributed by atoms with van der Waals surface area (Å²) in [5.41, 5.74) is 0.499. The maximum Gasteiger partial charge on any atom is 0.0678 e. The van der Waals surface area contributed by atoms with Gasteiger partial charge in [-0.3, -0.25) is 4.90 Å². The smallest absolute Gasteiger partial charge is 0.0678 e. The maximum absolute atomic E-state index is 5.88. The minimum atomic E-state index is 0.387. The minimum Gasteiger partial charge on any atom is -0.373 e. The molecule has 0 aromatic carbocycles. The summed E-state index contributed by atoms with van der Waals surface area (Å²) in [6.07, 6.45) is 7.82. The highest BCUT2D eigenvalue weighted by Gasteiger charge is 2.35. The molecule has 3 nitrogen and oxygen atoms in total. The van der Waals surface area contributed by atoms with E-state index in [2.05, 4.69) is 37.9 Å². The summed E-state index contributed by atoms with van der Waals surface area (Å²) in [5, 5.41) is 3.71. The van der Waals surface area contributed by atoms with Gasteiger partial charge in [0.05, 0.1) is 12.2 Å². The van der Waals surface area contributed by atoms with Crippen molar-refractivity contribution in [1.29, 1.82) is 0 Å². The summed E-state index contributed by atoms with van der Waals surface area (Å²) in [5.74, 6) is 0. The summed E-state index contributed by atoms with van der Waals surface area (Å²) in [4.78, 5) is 2.66. The summed E-state index contributed by atoms with van der Waals surface area (Å²) >= 11 is 0. The Kier molecular flexibility index (Phi) is 5.88. The normalized spacial score (nSPS) is 31.6. The molecule has 118 valence electrons. The molecule has 1 aliphatic carbocycles. The Morgan fingerprint density at radius 2 is 1.70 bits per heavy atom. The third-order valence-electron chi connectivity index (χ3n) is 4.85. The molecule has 0 spiro atoms. The molecule has 0 bridgehead atoms. The van der Waals surface area contributed by atoms with Crippen LogP contribution in [-0.4, -0.2) is 49.3 Å². The van der Waals surface area contributed by atoms with E-state index in [9.17, 15) is 0 Å². The second-order valence-electron chi connectivity index (χ2n) is 7.55. The van der Waals surface area contributed by atoms with Gasteiger partial charge in [0.15, 0.2) is 0 Å². The van der Waals surface area contributed by atoms with Crippen molar-refractivity contribution in [3.05, 3.63) is 0 Å². The highest BCUT2D eigenvalue weighted by Crippen LogP contribution is 2.37. The monoisotopic (exact) mass is 282 g/mol. The van der Waals surface area contributed by atoms with Gasteiger partial charge < -0.3 is 10.1 Å². The molecule has 1 saturated carbocycles. The van der Waals surface area contributed by atoms with Crippen molar-refractivity contribution in [2.24, 2.45) is 5.41 Å². The van der Waals surface area contributed by atoms with Crippen LogP contribution in [0.5, 0.6) is 0 Å². The lowest BCUT2D eigenvalue weighted by Crippen LogP contribution is -2.52. The van der Waals surface area contributed by atoms with Crippen LogP contribution in [0.1, 0.15) is 59.8 Å². The fourth-order valence-corrected chi connectivity index (χ4v) is 4.00. The first-order valence-corrected chi connectivity index (χ1v) is 8.60. The summed E-state index contributed by atoms with van der Waals surface area (Å²) < 4.78 is 5.88. The molecular formula is C17H34N2O. The van der Waals surface area contributed by atoms with Crippen molar-refractivity contribution >= 4 is 0 Å². The van der Waals surface area contributed by atoms with Crippen LogP contribution in [0.25, 0.3) is 0 Å². The van der Waals surface area contributed by atoms with Crippen molar-refractivity contribution in [2.45, 2.75) is 78.0 Å². The highest BCUT2D eigenvalue weighted by molar-refractivity contribution is 4.90. The zero-order valence-electron chi connectivity index (χ0n) is 14.0. The number of rotatable bonds is 5. The zero-order valence-corrected chi connectivity index (χ0v) is 14.0. The van der Waals surface area contributed by atoms with Gasteiger partial charge in [-0.2, -0.15) is 0 Å². The quantitative estimate of drug-likeness (QED) is 0.839. The molecule has 0 radical (unpaired) electrons.